The van der Waals surface area contributed by atoms with E-state index in [1.807, 2.05) is 0 Å². The minimum Gasteiger partial charge on any atom is -0.478 e. The molecule has 0 saturated heterocycles. The number of hydrogen-bond donors (Lipinski definition) is 1. The molecule has 1 aromatic carbocycles. The van der Waals surface area contributed by atoms with Crippen molar-refractivity contribution in [3.05, 3.63) is 40.6 Å². The van der Waals surface area contributed by atoms with Crippen molar-refractivity contribution in [2.45, 2.75) is 0 Å². The van der Waals surface area contributed by atoms with Crippen molar-refractivity contribution in [3.63, 3.8) is 0 Å². The van der Waals surface area contributed by atoms with Crippen LogP contribution in [-0.4, -0.2) is 25.8 Å². The van der Waals surface area contributed by atoms with Gasteiger partial charge in [0.15, 0.2) is 5.58 Å². The van der Waals surface area contributed by atoms with Crippen molar-refractivity contribution >= 4 is 33.0 Å². The number of hydrogen-bond acceptors (Lipinski definition) is 4. The summed E-state index contributed by atoms with van der Waals surface area (Å²) < 4.78 is 7.73. The Morgan fingerprint density at radius 1 is 1.44 bits per heavy atom. The van der Waals surface area contributed by atoms with Crippen molar-refractivity contribution in [1.82, 2.24) is 14.8 Å². The van der Waals surface area contributed by atoms with Crippen molar-refractivity contribution in [2.75, 3.05) is 0 Å². The van der Waals surface area contributed by atoms with Crippen LogP contribution in [0.15, 0.2) is 39.5 Å². The van der Waals surface area contributed by atoms with Gasteiger partial charge in [-0.05, 0) is 34.1 Å². The normalized spacial score (nSPS) is 10.9. The molecule has 0 spiro atoms. The molecule has 2 heterocycles. The monoisotopic (exact) mass is 307 g/mol. The summed E-state index contributed by atoms with van der Waals surface area (Å²) in [5.41, 5.74) is 1.16. The molecule has 7 heteroatoms. The molecule has 0 aliphatic carbocycles. The highest BCUT2D eigenvalue weighted by molar-refractivity contribution is 9.10. The molecule has 6 nitrogen and oxygen atoms in total. The largest absolute Gasteiger partial charge is 0.478 e. The molecule has 0 saturated carbocycles. The van der Waals surface area contributed by atoms with E-state index in [0.717, 1.165) is 4.47 Å². The first kappa shape index (κ1) is 11.0. The molecule has 0 bridgehead atoms. The number of nitrogens with zero attached hydrogens (tertiary/aromatic N) is 3. The molecular formula is C11H6BrN3O3. The van der Waals surface area contributed by atoms with Crippen molar-refractivity contribution in [1.29, 1.82) is 0 Å². The zero-order valence-corrected chi connectivity index (χ0v) is 10.5. The number of carboxylic acid groups (broad SMARTS) is 1. The van der Waals surface area contributed by atoms with Gasteiger partial charge >= 0.3 is 12.0 Å². The maximum atomic E-state index is 10.8. The maximum Gasteiger partial charge on any atom is 0.335 e. The predicted molar refractivity (Wildman–Crippen MR) is 65.8 cm³/mol. The molecule has 3 rings (SSSR count). The zero-order chi connectivity index (χ0) is 12.7. The van der Waals surface area contributed by atoms with Crippen LogP contribution in [0.25, 0.3) is 17.1 Å². The van der Waals surface area contributed by atoms with Crippen molar-refractivity contribution in [2.24, 2.45) is 0 Å². The summed E-state index contributed by atoms with van der Waals surface area (Å²) in [7, 11) is 0. The van der Waals surface area contributed by atoms with Crippen LogP contribution in [0.5, 0.6) is 0 Å². The smallest absolute Gasteiger partial charge is 0.335 e. The molecule has 1 N–H and O–H groups in total. The van der Waals surface area contributed by atoms with E-state index >= 15 is 0 Å². The second kappa shape index (κ2) is 3.95. The molecular weight excluding hydrogens is 302 g/mol. The van der Waals surface area contributed by atoms with Gasteiger partial charge in [0, 0.05) is 6.20 Å². The Kier molecular flexibility index (Phi) is 2.41. The van der Waals surface area contributed by atoms with E-state index in [9.17, 15) is 4.79 Å². The molecule has 3 aromatic rings. The van der Waals surface area contributed by atoms with Crippen LogP contribution in [0.4, 0.5) is 0 Å². The summed E-state index contributed by atoms with van der Waals surface area (Å²) in [6.07, 6.45) is 3.31. The predicted octanol–water partition coefficient (Wildman–Crippen LogP) is 2.47. The van der Waals surface area contributed by atoms with E-state index in [-0.39, 0.29) is 5.56 Å². The number of fused-ring (bicyclic) bond motifs is 1. The van der Waals surface area contributed by atoms with Crippen LogP contribution >= 0.6 is 15.9 Å². The first-order valence-electron chi connectivity index (χ1n) is 4.98. The fraction of sp³-hybridized carbons (Fsp3) is 0. The molecule has 0 unspecified atom stereocenters. The van der Waals surface area contributed by atoms with E-state index in [2.05, 4.69) is 26.0 Å². The van der Waals surface area contributed by atoms with Gasteiger partial charge in [0.25, 0.3) is 0 Å². The number of halogens is 1. The van der Waals surface area contributed by atoms with Crippen LogP contribution in [0.1, 0.15) is 10.4 Å². The maximum absolute atomic E-state index is 10.8. The molecule has 0 radical (unpaired) electrons. The Labute approximate surface area is 109 Å². The summed E-state index contributed by atoms with van der Waals surface area (Å²) in [5, 5.41) is 12.9. The number of carbonyl (C=O) groups is 1. The topological polar surface area (TPSA) is 81.1 Å². The lowest BCUT2D eigenvalue weighted by molar-refractivity contribution is 0.0697. The van der Waals surface area contributed by atoms with E-state index in [4.69, 9.17) is 9.52 Å². The zero-order valence-electron chi connectivity index (χ0n) is 8.87. The third-order valence-corrected chi connectivity index (χ3v) is 2.78. The van der Waals surface area contributed by atoms with Crippen LogP contribution in [0.3, 0.4) is 0 Å². The lowest BCUT2D eigenvalue weighted by atomic mass is 10.2. The summed E-state index contributed by atoms with van der Waals surface area (Å²) in [4.78, 5) is 15.1. The standard InChI is InChI=1S/C11H6BrN3O3/c12-7-4-13-15(5-7)11-14-8-2-1-6(10(16)17)3-9(8)18-11/h1-5H,(H,16,17). The quantitative estimate of drug-likeness (QED) is 0.786. The minimum atomic E-state index is -1.00. The summed E-state index contributed by atoms with van der Waals surface area (Å²) in [6.45, 7) is 0. The van der Waals surface area contributed by atoms with Crippen molar-refractivity contribution < 1.29 is 14.3 Å². The highest BCUT2D eigenvalue weighted by atomic mass is 79.9. The van der Waals surface area contributed by atoms with Gasteiger partial charge < -0.3 is 9.52 Å². The average Bonchev–Trinajstić information content (AvgIpc) is 2.93. The fourth-order valence-electron chi connectivity index (χ4n) is 1.55. The van der Waals surface area contributed by atoms with E-state index in [0.29, 0.717) is 17.1 Å². The van der Waals surface area contributed by atoms with Gasteiger partial charge in [0.05, 0.1) is 16.2 Å². The third-order valence-electron chi connectivity index (χ3n) is 2.37. The number of rotatable bonds is 2. The lowest BCUT2D eigenvalue weighted by Gasteiger charge is -1.91. The summed E-state index contributed by atoms with van der Waals surface area (Å²) >= 11 is 3.27. The van der Waals surface area contributed by atoms with E-state index in [1.54, 1.807) is 18.5 Å². The van der Waals surface area contributed by atoms with Gasteiger partial charge in [-0.3, -0.25) is 0 Å². The van der Waals surface area contributed by atoms with Gasteiger partial charge in [-0.15, -0.1) is 0 Å². The number of oxazole rings is 1. The number of aromatic carboxylic acids is 1. The van der Waals surface area contributed by atoms with Gasteiger partial charge in [-0.2, -0.15) is 14.8 Å². The number of carboxylic acids is 1. The molecule has 0 fully saturated rings. The van der Waals surface area contributed by atoms with Gasteiger partial charge in [0.1, 0.15) is 5.52 Å². The Balaban J connectivity index is 2.13. The first-order chi connectivity index (χ1) is 8.63. The minimum absolute atomic E-state index is 0.159. The highest BCUT2D eigenvalue weighted by Gasteiger charge is 2.11. The summed E-state index contributed by atoms with van der Waals surface area (Å²) in [6, 6.07) is 4.81. The third kappa shape index (κ3) is 1.78. The molecule has 90 valence electrons. The SMILES string of the molecule is O=C(O)c1ccc2nc(-n3cc(Br)cn3)oc2c1. The van der Waals surface area contributed by atoms with E-state index < -0.39 is 5.97 Å². The molecule has 18 heavy (non-hydrogen) atoms. The van der Waals surface area contributed by atoms with Crippen LogP contribution in [0.2, 0.25) is 0 Å². The average molecular weight is 308 g/mol. The van der Waals surface area contributed by atoms with Gasteiger partial charge in [-0.25, -0.2) is 4.79 Å². The summed E-state index contributed by atoms with van der Waals surface area (Å²) in [5.74, 6) is -1.00. The Morgan fingerprint density at radius 3 is 2.94 bits per heavy atom. The Bertz CT molecular complexity index is 747. The van der Waals surface area contributed by atoms with Crippen LogP contribution in [0, 0.1) is 0 Å². The van der Waals surface area contributed by atoms with Gasteiger partial charge in [0.2, 0.25) is 0 Å². The Morgan fingerprint density at radius 2 is 2.28 bits per heavy atom. The molecule has 0 aliphatic heterocycles. The first-order valence-corrected chi connectivity index (χ1v) is 5.77. The molecule has 2 aromatic heterocycles. The number of benzene rings is 1. The van der Waals surface area contributed by atoms with Crippen LogP contribution in [-0.2, 0) is 0 Å². The molecule has 0 atom stereocenters. The second-order valence-corrected chi connectivity index (χ2v) is 4.50. The van der Waals surface area contributed by atoms with Crippen LogP contribution < -0.4 is 0 Å². The molecule has 0 aliphatic rings. The van der Waals surface area contributed by atoms with Gasteiger partial charge in [-0.1, -0.05) is 0 Å². The van der Waals surface area contributed by atoms with E-state index in [1.165, 1.54) is 16.8 Å². The fourth-order valence-corrected chi connectivity index (χ4v) is 1.83. The highest BCUT2D eigenvalue weighted by Crippen LogP contribution is 2.20. The lowest BCUT2D eigenvalue weighted by Crippen LogP contribution is -1.94. The second-order valence-electron chi connectivity index (χ2n) is 3.59. The van der Waals surface area contributed by atoms with Crippen molar-refractivity contribution in [3.8, 4) is 6.01 Å². The molecule has 0 amide bonds. The Hall–Kier alpha value is -2.15. The number of aromatic nitrogens is 3.